The zero-order valence-electron chi connectivity index (χ0n) is 15.5. The summed E-state index contributed by atoms with van der Waals surface area (Å²) in [4.78, 5) is 21.1. The number of amides is 1. The van der Waals surface area contributed by atoms with Crippen LogP contribution in [0.1, 0.15) is 21.7 Å². The van der Waals surface area contributed by atoms with Gasteiger partial charge in [0.05, 0.1) is 30.3 Å². The lowest BCUT2D eigenvalue weighted by Crippen LogP contribution is -2.25. The standard InChI is InChI=1S/C22H20N4O2/c1-28-18-10-8-16(9-11-18)15-26-20-7-3-2-6-19(20)25-21(26)14-24-22(27)17-5-4-12-23-13-17/h2-13H,14-15H2,1H3,(H,24,27). The molecule has 0 unspecified atom stereocenters. The third-order valence-electron chi connectivity index (χ3n) is 4.56. The van der Waals surface area contributed by atoms with Crippen molar-refractivity contribution >= 4 is 16.9 Å². The number of ether oxygens (including phenoxy) is 1. The van der Waals surface area contributed by atoms with Gasteiger partial charge in [-0.1, -0.05) is 24.3 Å². The van der Waals surface area contributed by atoms with E-state index in [1.807, 2.05) is 48.5 Å². The first-order chi connectivity index (χ1) is 13.7. The van der Waals surface area contributed by atoms with Crippen molar-refractivity contribution < 1.29 is 9.53 Å². The van der Waals surface area contributed by atoms with E-state index in [1.54, 1.807) is 31.6 Å². The van der Waals surface area contributed by atoms with Gasteiger partial charge in [-0.3, -0.25) is 9.78 Å². The van der Waals surface area contributed by atoms with Crippen molar-refractivity contribution in [1.82, 2.24) is 19.9 Å². The molecule has 2 aromatic heterocycles. The lowest BCUT2D eigenvalue weighted by molar-refractivity contribution is 0.0949. The van der Waals surface area contributed by atoms with Gasteiger partial charge in [-0.25, -0.2) is 4.98 Å². The van der Waals surface area contributed by atoms with E-state index in [9.17, 15) is 4.79 Å². The highest BCUT2D eigenvalue weighted by Gasteiger charge is 2.13. The first kappa shape index (κ1) is 17.7. The molecule has 0 saturated carbocycles. The fourth-order valence-electron chi connectivity index (χ4n) is 3.11. The average molecular weight is 372 g/mol. The molecular weight excluding hydrogens is 352 g/mol. The van der Waals surface area contributed by atoms with Crippen LogP contribution in [-0.2, 0) is 13.1 Å². The Morgan fingerprint density at radius 3 is 2.64 bits per heavy atom. The molecule has 0 aliphatic carbocycles. The summed E-state index contributed by atoms with van der Waals surface area (Å²) in [6, 6.07) is 19.4. The van der Waals surface area contributed by atoms with E-state index >= 15 is 0 Å². The quantitative estimate of drug-likeness (QED) is 0.563. The van der Waals surface area contributed by atoms with Crippen LogP contribution < -0.4 is 10.1 Å². The van der Waals surface area contributed by atoms with Gasteiger partial charge >= 0.3 is 0 Å². The lowest BCUT2D eigenvalue weighted by atomic mass is 10.2. The summed E-state index contributed by atoms with van der Waals surface area (Å²) in [6.45, 7) is 0.987. The number of aromatic nitrogens is 3. The minimum atomic E-state index is -0.170. The number of hydrogen-bond acceptors (Lipinski definition) is 4. The van der Waals surface area contributed by atoms with E-state index in [4.69, 9.17) is 9.72 Å². The van der Waals surface area contributed by atoms with Gasteiger partial charge in [0.25, 0.3) is 5.91 Å². The third-order valence-corrected chi connectivity index (χ3v) is 4.56. The number of imidazole rings is 1. The maximum absolute atomic E-state index is 12.4. The summed E-state index contributed by atoms with van der Waals surface area (Å²) in [5, 5.41) is 2.94. The van der Waals surface area contributed by atoms with Crippen LogP contribution in [0.25, 0.3) is 11.0 Å². The minimum absolute atomic E-state index is 0.170. The van der Waals surface area contributed by atoms with Crippen molar-refractivity contribution in [3.63, 3.8) is 0 Å². The maximum atomic E-state index is 12.4. The highest BCUT2D eigenvalue weighted by Crippen LogP contribution is 2.19. The Labute approximate surface area is 162 Å². The van der Waals surface area contributed by atoms with E-state index in [-0.39, 0.29) is 5.91 Å². The molecule has 2 heterocycles. The molecule has 1 amide bonds. The average Bonchev–Trinajstić information content (AvgIpc) is 3.10. The highest BCUT2D eigenvalue weighted by atomic mass is 16.5. The Balaban J connectivity index is 1.60. The number of hydrogen-bond donors (Lipinski definition) is 1. The van der Waals surface area contributed by atoms with Gasteiger partial charge in [-0.2, -0.15) is 0 Å². The number of carbonyl (C=O) groups excluding carboxylic acids is 1. The Morgan fingerprint density at radius 2 is 1.89 bits per heavy atom. The number of benzene rings is 2. The monoisotopic (exact) mass is 372 g/mol. The normalized spacial score (nSPS) is 10.8. The van der Waals surface area contributed by atoms with Gasteiger partial charge in [-0.15, -0.1) is 0 Å². The highest BCUT2D eigenvalue weighted by molar-refractivity contribution is 5.93. The van der Waals surface area contributed by atoms with E-state index in [1.165, 1.54) is 0 Å². The summed E-state index contributed by atoms with van der Waals surface area (Å²) in [6.07, 6.45) is 3.20. The number of methoxy groups -OCH3 is 1. The fraction of sp³-hybridized carbons (Fsp3) is 0.136. The van der Waals surface area contributed by atoms with Crippen LogP contribution in [0.5, 0.6) is 5.75 Å². The molecule has 0 atom stereocenters. The minimum Gasteiger partial charge on any atom is -0.497 e. The predicted molar refractivity (Wildman–Crippen MR) is 107 cm³/mol. The topological polar surface area (TPSA) is 69.0 Å². The smallest absolute Gasteiger partial charge is 0.253 e. The van der Waals surface area contributed by atoms with Crippen molar-refractivity contribution in [3.05, 3.63) is 90.0 Å². The second kappa shape index (κ2) is 7.92. The van der Waals surface area contributed by atoms with E-state index in [0.717, 1.165) is 28.2 Å². The van der Waals surface area contributed by atoms with Gasteiger partial charge in [0.15, 0.2) is 0 Å². The molecule has 0 aliphatic heterocycles. The second-order valence-electron chi connectivity index (χ2n) is 6.38. The van der Waals surface area contributed by atoms with Crippen LogP contribution in [0.15, 0.2) is 73.1 Å². The van der Waals surface area contributed by atoms with Crippen molar-refractivity contribution in [1.29, 1.82) is 0 Å². The second-order valence-corrected chi connectivity index (χ2v) is 6.38. The molecule has 0 radical (unpaired) electrons. The fourth-order valence-corrected chi connectivity index (χ4v) is 3.11. The zero-order valence-corrected chi connectivity index (χ0v) is 15.5. The molecule has 2 aromatic carbocycles. The van der Waals surface area contributed by atoms with Crippen LogP contribution in [0.3, 0.4) is 0 Å². The van der Waals surface area contributed by atoms with Gasteiger partial charge in [-0.05, 0) is 42.0 Å². The van der Waals surface area contributed by atoms with Crippen LogP contribution in [-0.4, -0.2) is 27.6 Å². The molecular formula is C22H20N4O2. The molecule has 0 fully saturated rings. The maximum Gasteiger partial charge on any atom is 0.253 e. The summed E-state index contributed by atoms with van der Waals surface area (Å²) in [5.41, 5.74) is 3.59. The molecule has 4 aromatic rings. The largest absolute Gasteiger partial charge is 0.497 e. The molecule has 6 heteroatoms. The zero-order chi connectivity index (χ0) is 19.3. The first-order valence-corrected chi connectivity index (χ1v) is 9.00. The van der Waals surface area contributed by atoms with Crippen LogP contribution in [0.2, 0.25) is 0 Å². The number of nitrogens with one attached hydrogen (secondary N) is 1. The Kier molecular flexibility index (Phi) is 5.01. The SMILES string of the molecule is COc1ccc(Cn2c(CNC(=O)c3cccnc3)nc3ccccc32)cc1. The summed E-state index contributed by atoms with van der Waals surface area (Å²) >= 11 is 0. The van der Waals surface area contributed by atoms with Gasteiger partial charge in [0.1, 0.15) is 11.6 Å². The number of rotatable bonds is 6. The van der Waals surface area contributed by atoms with E-state index in [0.29, 0.717) is 18.7 Å². The van der Waals surface area contributed by atoms with Gasteiger partial charge < -0.3 is 14.6 Å². The van der Waals surface area contributed by atoms with Gasteiger partial charge in [0.2, 0.25) is 0 Å². The Bertz CT molecular complexity index is 1090. The molecule has 1 N–H and O–H groups in total. The third kappa shape index (κ3) is 3.71. The number of pyridine rings is 1. The number of carbonyl (C=O) groups is 1. The van der Waals surface area contributed by atoms with Crippen LogP contribution in [0.4, 0.5) is 0 Å². The van der Waals surface area contributed by atoms with Crippen molar-refractivity contribution in [2.75, 3.05) is 7.11 Å². The number of nitrogens with zero attached hydrogens (tertiary/aromatic N) is 3. The van der Waals surface area contributed by atoms with Gasteiger partial charge in [0, 0.05) is 18.9 Å². The molecule has 0 aliphatic rings. The molecule has 4 rings (SSSR count). The Morgan fingerprint density at radius 1 is 1.07 bits per heavy atom. The van der Waals surface area contributed by atoms with Crippen LogP contribution >= 0.6 is 0 Å². The molecule has 140 valence electrons. The molecule has 6 nitrogen and oxygen atoms in total. The molecule has 28 heavy (non-hydrogen) atoms. The summed E-state index contributed by atoms with van der Waals surface area (Å²) < 4.78 is 7.36. The lowest BCUT2D eigenvalue weighted by Gasteiger charge is -2.11. The molecule has 0 bridgehead atoms. The van der Waals surface area contributed by atoms with Crippen LogP contribution in [0, 0.1) is 0 Å². The Hall–Kier alpha value is -3.67. The molecule has 0 spiro atoms. The van der Waals surface area contributed by atoms with Crippen molar-refractivity contribution in [2.45, 2.75) is 13.1 Å². The summed E-state index contributed by atoms with van der Waals surface area (Å²) in [7, 11) is 1.65. The predicted octanol–water partition coefficient (Wildman–Crippen LogP) is 3.42. The number of fused-ring (bicyclic) bond motifs is 1. The van der Waals surface area contributed by atoms with E-state index in [2.05, 4.69) is 14.9 Å². The molecule has 0 saturated heterocycles. The summed E-state index contributed by atoms with van der Waals surface area (Å²) in [5.74, 6) is 1.45. The van der Waals surface area contributed by atoms with Crippen molar-refractivity contribution in [3.8, 4) is 5.75 Å². The number of para-hydroxylation sites is 2. The van der Waals surface area contributed by atoms with Crippen molar-refractivity contribution in [2.24, 2.45) is 0 Å². The van der Waals surface area contributed by atoms with E-state index < -0.39 is 0 Å². The first-order valence-electron chi connectivity index (χ1n) is 9.00.